The van der Waals surface area contributed by atoms with Gasteiger partial charge >= 0.3 is 0 Å². The fourth-order valence-corrected chi connectivity index (χ4v) is 4.25. The zero-order valence-corrected chi connectivity index (χ0v) is 14.7. The summed E-state index contributed by atoms with van der Waals surface area (Å²) < 4.78 is 0. The molecule has 1 aromatic carbocycles. The van der Waals surface area contributed by atoms with Crippen molar-refractivity contribution in [3.05, 3.63) is 40.8 Å². The molecule has 3 heterocycles. The standard InChI is InChI=1S/C18H18N4O2S/c1-13-10-14-17(21-8-6-20(11-23)7-9-21)19-15-4-2-3-5-16(15)22(12-24)18(14)25-13/h2-5,10-12H,6-9H2,1H3. The maximum absolute atomic E-state index is 11.8. The number of fused-ring (bicyclic) bond motifs is 2. The fraction of sp³-hybridized carbons (Fsp3) is 0.278. The van der Waals surface area contributed by atoms with Crippen LogP contribution in [0.4, 0.5) is 16.4 Å². The third-order valence-corrected chi connectivity index (χ3v) is 5.58. The Morgan fingerprint density at radius 2 is 1.84 bits per heavy atom. The van der Waals surface area contributed by atoms with E-state index in [1.165, 1.54) is 0 Å². The van der Waals surface area contributed by atoms with Crippen molar-refractivity contribution in [1.29, 1.82) is 0 Å². The van der Waals surface area contributed by atoms with Crippen molar-refractivity contribution in [3.8, 4) is 0 Å². The van der Waals surface area contributed by atoms with Crippen molar-refractivity contribution < 1.29 is 9.59 Å². The Bertz CT molecular complexity index is 853. The van der Waals surface area contributed by atoms with Crippen LogP contribution in [0.3, 0.4) is 0 Å². The van der Waals surface area contributed by atoms with Gasteiger partial charge in [0.05, 0.1) is 16.9 Å². The molecule has 0 atom stereocenters. The van der Waals surface area contributed by atoms with Crippen molar-refractivity contribution in [2.45, 2.75) is 6.92 Å². The Morgan fingerprint density at radius 3 is 2.56 bits per heavy atom. The van der Waals surface area contributed by atoms with Crippen LogP contribution >= 0.6 is 11.3 Å². The minimum Gasteiger partial charge on any atom is -0.352 e. The average molecular weight is 354 g/mol. The second kappa shape index (κ2) is 6.33. The lowest BCUT2D eigenvalue weighted by Crippen LogP contribution is -2.48. The number of amidine groups is 1. The minimum atomic E-state index is 0.681. The van der Waals surface area contributed by atoms with Crippen molar-refractivity contribution in [3.63, 3.8) is 0 Å². The fourth-order valence-electron chi connectivity index (χ4n) is 3.27. The third-order valence-electron chi connectivity index (χ3n) is 4.53. The van der Waals surface area contributed by atoms with Crippen LogP contribution in [0.5, 0.6) is 0 Å². The number of aliphatic imine (C=N–C) groups is 1. The van der Waals surface area contributed by atoms with E-state index >= 15 is 0 Å². The van der Waals surface area contributed by atoms with Gasteiger partial charge in [0.2, 0.25) is 12.8 Å². The smallest absolute Gasteiger partial charge is 0.219 e. The van der Waals surface area contributed by atoms with Gasteiger partial charge in [-0.3, -0.25) is 14.5 Å². The lowest BCUT2D eigenvalue weighted by atomic mass is 10.2. The van der Waals surface area contributed by atoms with E-state index in [4.69, 9.17) is 4.99 Å². The molecule has 0 unspecified atom stereocenters. The summed E-state index contributed by atoms with van der Waals surface area (Å²) in [6, 6.07) is 9.78. The highest BCUT2D eigenvalue weighted by Crippen LogP contribution is 2.43. The van der Waals surface area contributed by atoms with Crippen LogP contribution in [0, 0.1) is 6.92 Å². The van der Waals surface area contributed by atoms with Gasteiger partial charge < -0.3 is 9.80 Å². The Kier molecular flexibility index (Phi) is 4.01. The Balaban J connectivity index is 1.83. The van der Waals surface area contributed by atoms with Crippen LogP contribution in [0.1, 0.15) is 10.4 Å². The van der Waals surface area contributed by atoms with Gasteiger partial charge in [-0.05, 0) is 25.1 Å². The molecule has 4 rings (SSSR count). The molecule has 1 fully saturated rings. The highest BCUT2D eigenvalue weighted by Gasteiger charge is 2.29. The molecule has 2 aliphatic rings. The molecule has 25 heavy (non-hydrogen) atoms. The number of aryl methyl sites for hydroxylation is 1. The van der Waals surface area contributed by atoms with E-state index in [2.05, 4.69) is 11.0 Å². The number of para-hydroxylation sites is 2. The van der Waals surface area contributed by atoms with Crippen LogP contribution in [0.2, 0.25) is 0 Å². The number of amides is 2. The quantitative estimate of drug-likeness (QED) is 0.779. The van der Waals surface area contributed by atoms with Gasteiger partial charge in [0.25, 0.3) is 0 Å². The molecular formula is C18H18N4O2S. The van der Waals surface area contributed by atoms with Crippen molar-refractivity contribution in [2.75, 3.05) is 31.1 Å². The Labute approximate surface area is 150 Å². The van der Waals surface area contributed by atoms with Gasteiger partial charge in [-0.2, -0.15) is 0 Å². The molecule has 2 amide bonds. The van der Waals surface area contributed by atoms with Gasteiger partial charge in [-0.15, -0.1) is 11.3 Å². The molecule has 1 saturated heterocycles. The SMILES string of the molecule is Cc1cc2c(s1)N(C=O)c1ccccc1N=C2N1CCN(C=O)CC1. The zero-order chi connectivity index (χ0) is 17.4. The lowest BCUT2D eigenvalue weighted by Gasteiger charge is -2.34. The van der Waals surface area contributed by atoms with E-state index in [1.54, 1.807) is 21.1 Å². The number of hydrogen-bond acceptors (Lipinski definition) is 5. The number of nitrogens with zero attached hydrogens (tertiary/aromatic N) is 4. The number of rotatable bonds is 2. The first-order valence-electron chi connectivity index (χ1n) is 8.18. The summed E-state index contributed by atoms with van der Waals surface area (Å²) >= 11 is 1.59. The Hall–Kier alpha value is -2.67. The Morgan fingerprint density at radius 1 is 1.08 bits per heavy atom. The maximum Gasteiger partial charge on any atom is 0.219 e. The summed E-state index contributed by atoms with van der Waals surface area (Å²) in [5, 5.41) is 0.897. The highest BCUT2D eigenvalue weighted by atomic mass is 32.1. The summed E-state index contributed by atoms with van der Waals surface area (Å²) in [7, 11) is 0. The predicted molar refractivity (Wildman–Crippen MR) is 99.1 cm³/mol. The number of anilines is 2. The van der Waals surface area contributed by atoms with Gasteiger partial charge in [0, 0.05) is 31.1 Å². The van der Waals surface area contributed by atoms with Crippen molar-refractivity contribution in [1.82, 2.24) is 9.80 Å². The van der Waals surface area contributed by atoms with Crippen LogP contribution in [-0.4, -0.2) is 54.6 Å². The lowest BCUT2D eigenvalue weighted by molar-refractivity contribution is -0.119. The topological polar surface area (TPSA) is 56.2 Å². The van der Waals surface area contributed by atoms with Gasteiger partial charge in [-0.25, -0.2) is 4.99 Å². The molecular weight excluding hydrogens is 336 g/mol. The van der Waals surface area contributed by atoms with E-state index in [1.807, 2.05) is 31.2 Å². The summed E-state index contributed by atoms with van der Waals surface area (Å²) in [4.78, 5) is 34.5. The minimum absolute atomic E-state index is 0.681. The summed E-state index contributed by atoms with van der Waals surface area (Å²) in [5.74, 6) is 0.877. The molecule has 7 heteroatoms. The second-order valence-electron chi connectivity index (χ2n) is 6.10. The molecule has 0 radical (unpaired) electrons. The number of piperazine rings is 1. The zero-order valence-electron chi connectivity index (χ0n) is 13.9. The first-order chi connectivity index (χ1) is 12.2. The first kappa shape index (κ1) is 15.8. The first-order valence-corrected chi connectivity index (χ1v) is 9.00. The molecule has 2 aliphatic heterocycles. The van der Waals surface area contributed by atoms with Crippen LogP contribution in [0.15, 0.2) is 35.3 Å². The third kappa shape index (κ3) is 2.70. The van der Waals surface area contributed by atoms with Crippen molar-refractivity contribution >= 4 is 46.4 Å². The van der Waals surface area contributed by atoms with Crippen LogP contribution < -0.4 is 4.90 Å². The molecule has 6 nitrogen and oxygen atoms in total. The number of benzene rings is 1. The predicted octanol–water partition coefficient (Wildman–Crippen LogP) is 2.52. The monoisotopic (exact) mass is 354 g/mol. The van der Waals surface area contributed by atoms with Gasteiger partial charge in [0.15, 0.2) is 0 Å². The molecule has 0 bridgehead atoms. The highest BCUT2D eigenvalue weighted by molar-refractivity contribution is 7.16. The molecule has 2 aromatic rings. The molecule has 0 spiro atoms. The molecule has 0 saturated carbocycles. The van der Waals surface area contributed by atoms with Gasteiger partial charge in [0.1, 0.15) is 10.8 Å². The van der Waals surface area contributed by atoms with Crippen LogP contribution in [0.25, 0.3) is 0 Å². The normalized spacial score (nSPS) is 16.7. The number of hydrogen-bond donors (Lipinski definition) is 0. The van der Waals surface area contributed by atoms with E-state index in [0.717, 1.165) is 58.6 Å². The average Bonchev–Trinajstić information content (AvgIpc) is 2.97. The van der Waals surface area contributed by atoms with E-state index < -0.39 is 0 Å². The van der Waals surface area contributed by atoms with E-state index in [0.29, 0.717) is 13.1 Å². The summed E-state index contributed by atoms with van der Waals surface area (Å²) in [6.07, 6.45) is 1.76. The number of carbonyl (C=O) groups excluding carboxylic acids is 2. The van der Waals surface area contributed by atoms with E-state index in [9.17, 15) is 9.59 Å². The number of carbonyl (C=O) groups is 2. The molecule has 128 valence electrons. The van der Waals surface area contributed by atoms with Gasteiger partial charge in [-0.1, -0.05) is 12.1 Å². The van der Waals surface area contributed by atoms with Crippen molar-refractivity contribution in [2.24, 2.45) is 4.99 Å². The number of thiophene rings is 1. The maximum atomic E-state index is 11.8. The summed E-state index contributed by atoms with van der Waals surface area (Å²) in [5.41, 5.74) is 2.55. The summed E-state index contributed by atoms with van der Waals surface area (Å²) in [6.45, 7) is 4.86. The largest absolute Gasteiger partial charge is 0.352 e. The molecule has 0 N–H and O–H groups in total. The molecule has 1 aromatic heterocycles. The van der Waals surface area contributed by atoms with Crippen LogP contribution in [-0.2, 0) is 9.59 Å². The second-order valence-corrected chi connectivity index (χ2v) is 7.34. The molecule has 0 aliphatic carbocycles. The van der Waals surface area contributed by atoms with E-state index in [-0.39, 0.29) is 0 Å².